The molecular weight excluding hydrogens is 226 g/mol. The van der Waals surface area contributed by atoms with Gasteiger partial charge in [-0.3, -0.25) is 4.57 Å². The quantitative estimate of drug-likeness (QED) is 0.798. The average molecular weight is 242 g/mol. The van der Waals surface area contributed by atoms with Crippen LogP contribution >= 0.6 is 11.6 Å². The minimum Gasteiger partial charge on any atom is -0.381 e. The molecule has 0 bridgehead atoms. The molecule has 0 radical (unpaired) electrons. The molecule has 1 saturated heterocycles. The van der Waals surface area contributed by atoms with Crippen LogP contribution in [0.15, 0.2) is 0 Å². The third-order valence-electron chi connectivity index (χ3n) is 3.70. The van der Waals surface area contributed by atoms with Crippen molar-refractivity contribution in [3.05, 3.63) is 11.1 Å². The third-order valence-corrected chi connectivity index (χ3v) is 3.95. The van der Waals surface area contributed by atoms with Gasteiger partial charge < -0.3 is 4.74 Å². The molecule has 1 aromatic heterocycles. The van der Waals surface area contributed by atoms with E-state index in [0.717, 1.165) is 31.9 Å². The highest BCUT2D eigenvalue weighted by molar-refractivity contribution is 6.28. The fraction of sp³-hybridized carbons (Fsp3) is 0.818. The molecule has 0 unspecified atom stereocenters. The molecule has 16 heavy (non-hydrogen) atoms. The van der Waals surface area contributed by atoms with Gasteiger partial charge in [0.2, 0.25) is 5.28 Å². The minimum absolute atomic E-state index is 0.0384. The zero-order chi connectivity index (χ0) is 11.2. The Labute approximate surface area is 99.9 Å². The second-order valence-corrected chi connectivity index (χ2v) is 5.38. The fourth-order valence-corrected chi connectivity index (χ4v) is 2.74. The molecule has 0 aromatic carbocycles. The molecule has 1 aliphatic heterocycles. The predicted octanol–water partition coefficient (Wildman–Crippen LogP) is 2.33. The zero-order valence-corrected chi connectivity index (χ0v) is 10.2. The van der Waals surface area contributed by atoms with Gasteiger partial charge in [-0.25, -0.2) is 0 Å². The number of halogens is 1. The van der Waals surface area contributed by atoms with E-state index in [1.807, 2.05) is 0 Å². The van der Waals surface area contributed by atoms with Crippen LogP contribution in [0.2, 0.25) is 5.28 Å². The number of hydrogen-bond donors (Lipinski definition) is 0. The summed E-state index contributed by atoms with van der Waals surface area (Å²) in [7, 11) is 0. The van der Waals surface area contributed by atoms with Gasteiger partial charge in [0.1, 0.15) is 5.82 Å². The standard InChI is InChI=1S/C11H16ClN3O/c1-11(4-6-16-7-5-11)15-9(8-2-3-8)13-14-10(15)12/h8H,2-7H2,1H3. The Morgan fingerprint density at radius 2 is 2.00 bits per heavy atom. The monoisotopic (exact) mass is 241 g/mol. The molecule has 1 saturated carbocycles. The normalized spacial score (nSPS) is 24.6. The van der Waals surface area contributed by atoms with Crippen LogP contribution < -0.4 is 0 Å². The first-order valence-corrected chi connectivity index (χ1v) is 6.27. The van der Waals surface area contributed by atoms with E-state index in [9.17, 15) is 0 Å². The summed E-state index contributed by atoms with van der Waals surface area (Å²) in [6, 6.07) is 0. The highest BCUT2D eigenvalue weighted by Gasteiger charge is 2.38. The van der Waals surface area contributed by atoms with Crippen LogP contribution in [0.5, 0.6) is 0 Å². The van der Waals surface area contributed by atoms with Gasteiger partial charge >= 0.3 is 0 Å². The summed E-state index contributed by atoms with van der Waals surface area (Å²) in [5, 5.41) is 8.81. The van der Waals surface area contributed by atoms with Gasteiger partial charge in [-0.15, -0.1) is 10.2 Å². The van der Waals surface area contributed by atoms with Gasteiger partial charge in [-0.2, -0.15) is 0 Å². The van der Waals surface area contributed by atoms with E-state index in [4.69, 9.17) is 16.3 Å². The molecule has 2 aliphatic rings. The molecule has 2 fully saturated rings. The van der Waals surface area contributed by atoms with Gasteiger partial charge in [0, 0.05) is 19.1 Å². The van der Waals surface area contributed by atoms with Crippen molar-refractivity contribution < 1.29 is 4.74 Å². The number of aromatic nitrogens is 3. The van der Waals surface area contributed by atoms with Gasteiger partial charge in [0.25, 0.3) is 0 Å². The molecular formula is C11H16ClN3O. The van der Waals surface area contributed by atoms with E-state index >= 15 is 0 Å². The topological polar surface area (TPSA) is 39.9 Å². The lowest BCUT2D eigenvalue weighted by Crippen LogP contribution is -2.37. The molecule has 0 atom stereocenters. The molecule has 1 aliphatic carbocycles. The zero-order valence-electron chi connectivity index (χ0n) is 9.45. The number of hydrogen-bond acceptors (Lipinski definition) is 3. The lowest BCUT2D eigenvalue weighted by atomic mass is 9.92. The van der Waals surface area contributed by atoms with Crippen molar-refractivity contribution in [1.82, 2.24) is 14.8 Å². The summed E-state index contributed by atoms with van der Waals surface area (Å²) in [5.74, 6) is 1.66. The molecule has 0 N–H and O–H groups in total. The maximum Gasteiger partial charge on any atom is 0.225 e. The van der Waals surface area contributed by atoms with Gasteiger partial charge in [0.05, 0.1) is 5.54 Å². The van der Waals surface area contributed by atoms with Crippen LogP contribution in [0, 0.1) is 0 Å². The SMILES string of the molecule is CC1(n2c(Cl)nnc2C2CC2)CCOCC1. The Bertz CT molecular complexity index is 394. The molecule has 3 rings (SSSR count). The van der Waals surface area contributed by atoms with Crippen molar-refractivity contribution in [2.75, 3.05) is 13.2 Å². The smallest absolute Gasteiger partial charge is 0.225 e. The maximum absolute atomic E-state index is 6.19. The van der Waals surface area contributed by atoms with Crippen LogP contribution in [0.4, 0.5) is 0 Å². The first kappa shape index (κ1) is 10.5. The summed E-state index contributed by atoms with van der Waals surface area (Å²) in [5.41, 5.74) is 0.0384. The molecule has 0 amide bonds. The summed E-state index contributed by atoms with van der Waals surface area (Å²) >= 11 is 6.19. The molecule has 0 spiro atoms. The van der Waals surface area contributed by atoms with E-state index in [-0.39, 0.29) is 5.54 Å². The van der Waals surface area contributed by atoms with Crippen LogP contribution in [0.1, 0.15) is 44.3 Å². The van der Waals surface area contributed by atoms with Crippen molar-refractivity contribution in [2.24, 2.45) is 0 Å². The van der Waals surface area contributed by atoms with Gasteiger partial charge in [-0.05, 0) is 44.2 Å². The Morgan fingerprint density at radius 1 is 1.31 bits per heavy atom. The fourth-order valence-electron chi connectivity index (χ4n) is 2.42. The molecule has 1 aromatic rings. The van der Waals surface area contributed by atoms with Crippen molar-refractivity contribution in [3.8, 4) is 0 Å². The second-order valence-electron chi connectivity index (χ2n) is 5.05. The first-order chi connectivity index (χ1) is 7.71. The molecule has 2 heterocycles. The van der Waals surface area contributed by atoms with Crippen LogP contribution in [0.3, 0.4) is 0 Å². The van der Waals surface area contributed by atoms with Crippen molar-refractivity contribution in [2.45, 2.75) is 44.1 Å². The largest absolute Gasteiger partial charge is 0.381 e. The average Bonchev–Trinajstić information content (AvgIpc) is 3.03. The maximum atomic E-state index is 6.19. The number of rotatable bonds is 2. The number of nitrogens with zero attached hydrogens (tertiary/aromatic N) is 3. The Kier molecular flexibility index (Phi) is 2.44. The van der Waals surface area contributed by atoms with E-state index in [1.165, 1.54) is 12.8 Å². The minimum atomic E-state index is 0.0384. The molecule has 5 heteroatoms. The Hall–Kier alpha value is -0.610. The molecule has 88 valence electrons. The molecule has 4 nitrogen and oxygen atoms in total. The summed E-state index contributed by atoms with van der Waals surface area (Å²) < 4.78 is 7.57. The second kappa shape index (κ2) is 3.70. The Balaban J connectivity index is 1.99. The van der Waals surface area contributed by atoms with E-state index in [0.29, 0.717) is 11.2 Å². The van der Waals surface area contributed by atoms with Crippen molar-refractivity contribution >= 4 is 11.6 Å². The highest BCUT2D eigenvalue weighted by Crippen LogP contribution is 2.43. The first-order valence-electron chi connectivity index (χ1n) is 5.90. The number of ether oxygens (including phenoxy) is 1. The summed E-state index contributed by atoms with van der Waals surface area (Å²) in [6.45, 7) is 3.83. The van der Waals surface area contributed by atoms with Crippen molar-refractivity contribution in [1.29, 1.82) is 0 Å². The van der Waals surface area contributed by atoms with E-state index < -0.39 is 0 Å². The highest BCUT2D eigenvalue weighted by atomic mass is 35.5. The van der Waals surface area contributed by atoms with E-state index in [2.05, 4.69) is 21.7 Å². The summed E-state index contributed by atoms with van der Waals surface area (Å²) in [6.07, 6.45) is 4.43. The van der Waals surface area contributed by atoms with Crippen molar-refractivity contribution in [3.63, 3.8) is 0 Å². The van der Waals surface area contributed by atoms with Crippen LogP contribution in [-0.2, 0) is 10.3 Å². The van der Waals surface area contributed by atoms with Gasteiger partial charge in [-0.1, -0.05) is 0 Å². The third kappa shape index (κ3) is 1.64. The lowest BCUT2D eigenvalue weighted by Gasteiger charge is -2.36. The van der Waals surface area contributed by atoms with Crippen LogP contribution in [0.25, 0.3) is 0 Å². The van der Waals surface area contributed by atoms with Crippen LogP contribution in [-0.4, -0.2) is 28.0 Å². The predicted molar refractivity (Wildman–Crippen MR) is 60.7 cm³/mol. The van der Waals surface area contributed by atoms with Gasteiger partial charge in [0.15, 0.2) is 0 Å². The summed E-state index contributed by atoms with van der Waals surface area (Å²) in [4.78, 5) is 0. The Morgan fingerprint density at radius 3 is 2.62 bits per heavy atom. The lowest BCUT2D eigenvalue weighted by molar-refractivity contribution is 0.0283. The van der Waals surface area contributed by atoms with E-state index in [1.54, 1.807) is 0 Å².